The summed E-state index contributed by atoms with van der Waals surface area (Å²) >= 11 is 0. The van der Waals surface area contributed by atoms with E-state index in [1.807, 2.05) is 27.7 Å². The molecule has 0 atom stereocenters. The van der Waals surface area contributed by atoms with E-state index in [4.69, 9.17) is 27.4 Å². The predicted molar refractivity (Wildman–Crippen MR) is 140 cm³/mol. The first-order valence-electron chi connectivity index (χ1n) is 16.0. The highest BCUT2D eigenvalue weighted by Crippen LogP contribution is 2.39. The van der Waals surface area contributed by atoms with Crippen LogP contribution in [-0.4, -0.2) is 18.3 Å². The summed E-state index contributed by atoms with van der Waals surface area (Å²) in [6.07, 6.45) is 0. The Hall–Kier alpha value is -3.34. The second-order valence-corrected chi connectivity index (χ2v) is 9.34. The molecule has 6 rings (SSSR count). The maximum Gasteiger partial charge on any atom is 0.496 e. The van der Waals surface area contributed by atoms with Crippen LogP contribution in [-0.2, 0) is 9.31 Å². The van der Waals surface area contributed by atoms with Crippen LogP contribution in [0.4, 0.5) is 0 Å². The summed E-state index contributed by atoms with van der Waals surface area (Å²) in [4.78, 5) is 0. The molecule has 0 saturated carbocycles. The molecule has 1 aliphatic heterocycles. The van der Waals surface area contributed by atoms with Gasteiger partial charge in [-0.3, -0.25) is 0 Å². The van der Waals surface area contributed by atoms with Crippen molar-refractivity contribution in [1.29, 1.82) is 0 Å². The molecular formula is C30H27BO3. The molecule has 34 heavy (non-hydrogen) atoms. The van der Waals surface area contributed by atoms with Crippen LogP contribution in [0, 0.1) is 0 Å². The maximum atomic E-state index is 8.51. The van der Waals surface area contributed by atoms with Crippen LogP contribution >= 0.6 is 0 Å². The zero-order valence-electron chi connectivity index (χ0n) is 29.2. The van der Waals surface area contributed by atoms with Crippen molar-refractivity contribution in [3.63, 3.8) is 0 Å². The van der Waals surface area contributed by atoms with Gasteiger partial charge in [0.1, 0.15) is 11.3 Å². The SMILES string of the molecule is [2H]c1c([2H])c([2H])c(-c2ccc3cc4oc(-c5c([2H])c([2H])c([2H])c([2H])c5[2H])cc4c(B4OC(C)(C)C(C)(C)O4)c3c2)c([2H])c1[2H]. The molecule has 3 nitrogen and oxygen atoms in total. The number of hydrogen-bond donors (Lipinski definition) is 0. The van der Waals surface area contributed by atoms with Crippen LogP contribution in [0.1, 0.15) is 41.4 Å². The van der Waals surface area contributed by atoms with Gasteiger partial charge in [-0.25, -0.2) is 0 Å². The molecule has 1 saturated heterocycles. The monoisotopic (exact) mass is 456 g/mol. The first-order chi connectivity index (χ1) is 20.5. The second kappa shape index (κ2) is 7.59. The number of hydrogen-bond acceptors (Lipinski definition) is 3. The van der Waals surface area contributed by atoms with E-state index < -0.39 is 66.7 Å². The van der Waals surface area contributed by atoms with Crippen molar-refractivity contribution in [2.45, 2.75) is 38.9 Å². The fraction of sp³-hybridized carbons (Fsp3) is 0.200. The van der Waals surface area contributed by atoms with E-state index in [9.17, 15) is 0 Å². The van der Waals surface area contributed by atoms with E-state index in [1.165, 1.54) is 0 Å². The normalized spacial score (nSPS) is 21.1. The summed E-state index contributed by atoms with van der Waals surface area (Å²) < 4.78 is 102. The minimum atomic E-state index is -0.924. The van der Waals surface area contributed by atoms with Crippen LogP contribution in [0.3, 0.4) is 0 Å². The Labute approximate surface area is 214 Å². The minimum absolute atomic E-state index is 0.0462. The Balaban J connectivity index is 1.68. The zero-order chi connectivity index (χ0) is 32.2. The van der Waals surface area contributed by atoms with Crippen molar-refractivity contribution in [3.8, 4) is 22.5 Å². The summed E-state index contributed by atoms with van der Waals surface area (Å²) in [7, 11) is -0.924. The molecule has 0 radical (unpaired) electrons. The van der Waals surface area contributed by atoms with E-state index in [1.54, 1.807) is 30.3 Å². The highest BCUT2D eigenvalue weighted by molar-refractivity contribution is 6.68. The first kappa shape index (κ1) is 12.9. The molecule has 1 fully saturated rings. The lowest BCUT2D eigenvalue weighted by Crippen LogP contribution is -2.41. The lowest BCUT2D eigenvalue weighted by molar-refractivity contribution is 0.00578. The first-order valence-corrected chi connectivity index (χ1v) is 11.0. The van der Waals surface area contributed by atoms with Gasteiger partial charge >= 0.3 is 7.12 Å². The minimum Gasteiger partial charge on any atom is -0.456 e. The van der Waals surface area contributed by atoms with Gasteiger partial charge in [0, 0.05) is 16.4 Å². The van der Waals surface area contributed by atoms with Crippen molar-refractivity contribution >= 4 is 34.3 Å². The van der Waals surface area contributed by atoms with Crippen LogP contribution in [0.2, 0.25) is 0 Å². The average molecular weight is 456 g/mol. The number of furan rings is 1. The van der Waals surface area contributed by atoms with Gasteiger partial charge in [-0.05, 0) is 67.8 Å². The molecule has 4 aromatic carbocycles. The second-order valence-electron chi connectivity index (χ2n) is 9.34. The molecule has 0 N–H and O–H groups in total. The van der Waals surface area contributed by atoms with Crippen LogP contribution in [0.5, 0.6) is 0 Å². The third-order valence-electron chi connectivity index (χ3n) is 6.71. The van der Waals surface area contributed by atoms with Gasteiger partial charge in [0.2, 0.25) is 0 Å². The Morgan fingerprint density at radius 2 is 1.29 bits per heavy atom. The van der Waals surface area contributed by atoms with Gasteiger partial charge in [0.05, 0.1) is 24.9 Å². The standard InChI is InChI=1S/C30H27BO3/c1-29(2)30(3,4)34-31(33-29)28-24-17-22(20-11-7-5-8-12-20)15-16-23(24)18-27-25(28)19-26(32-27)21-13-9-6-10-14-21/h5-19H,1-4H3/i5D,6D,7D,8D,9D,10D,11D,12D,13D,14D. The fourth-order valence-electron chi connectivity index (χ4n) is 4.19. The molecule has 2 heterocycles. The number of rotatable bonds is 3. The van der Waals surface area contributed by atoms with Gasteiger partial charge in [0.15, 0.2) is 0 Å². The van der Waals surface area contributed by atoms with Gasteiger partial charge in [0.25, 0.3) is 0 Å². The average Bonchev–Trinajstić information content (AvgIpc) is 3.47. The van der Waals surface area contributed by atoms with Gasteiger partial charge < -0.3 is 13.7 Å². The number of benzene rings is 4. The van der Waals surface area contributed by atoms with Crippen molar-refractivity contribution in [2.75, 3.05) is 0 Å². The van der Waals surface area contributed by atoms with E-state index in [0.717, 1.165) is 0 Å². The highest BCUT2D eigenvalue weighted by atomic mass is 16.7. The Bertz CT molecular complexity index is 1910. The zero-order valence-corrected chi connectivity index (χ0v) is 19.2. The Morgan fingerprint density at radius 3 is 1.94 bits per heavy atom. The fourth-order valence-corrected chi connectivity index (χ4v) is 4.19. The van der Waals surface area contributed by atoms with Crippen LogP contribution < -0.4 is 5.46 Å². The van der Waals surface area contributed by atoms with E-state index in [2.05, 4.69) is 0 Å². The summed E-state index contributed by atoms with van der Waals surface area (Å²) in [6, 6.07) is 4.14. The smallest absolute Gasteiger partial charge is 0.456 e. The van der Waals surface area contributed by atoms with Crippen molar-refractivity contribution in [3.05, 3.63) is 90.8 Å². The molecule has 0 unspecified atom stereocenters. The quantitative estimate of drug-likeness (QED) is 0.269. The van der Waals surface area contributed by atoms with E-state index in [0.29, 0.717) is 32.8 Å². The molecule has 4 heteroatoms. The summed E-state index contributed by atoms with van der Waals surface area (Å²) in [6.45, 7) is 7.61. The van der Waals surface area contributed by atoms with Crippen molar-refractivity contribution in [2.24, 2.45) is 0 Å². The summed E-state index contributed by atoms with van der Waals surface area (Å²) in [5.74, 6) is 0.0657. The van der Waals surface area contributed by atoms with Crippen LogP contribution in [0.25, 0.3) is 44.2 Å². The molecule has 1 aliphatic rings. The van der Waals surface area contributed by atoms with Gasteiger partial charge in [-0.2, -0.15) is 0 Å². The molecular weight excluding hydrogens is 419 g/mol. The third kappa shape index (κ3) is 3.37. The van der Waals surface area contributed by atoms with Gasteiger partial charge in [-0.15, -0.1) is 0 Å². The predicted octanol–water partition coefficient (Wildman–Crippen LogP) is 7.22. The lowest BCUT2D eigenvalue weighted by Gasteiger charge is -2.32. The highest BCUT2D eigenvalue weighted by Gasteiger charge is 2.52. The lowest BCUT2D eigenvalue weighted by atomic mass is 9.73. The van der Waals surface area contributed by atoms with E-state index in [-0.39, 0.29) is 29.0 Å². The van der Waals surface area contributed by atoms with Crippen molar-refractivity contribution in [1.82, 2.24) is 0 Å². The number of fused-ring (bicyclic) bond motifs is 2. The van der Waals surface area contributed by atoms with E-state index >= 15 is 0 Å². The Kier molecular flexibility index (Phi) is 2.89. The molecule has 5 aromatic rings. The van der Waals surface area contributed by atoms with Crippen LogP contribution in [0.15, 0.2) is 95.2 Å². The molecule has 1 aromatic heterocycles. The molecule has 0 bridgehead atoms. The molecule has 0 amide bonds. The van der Waals surface area contributed by atoms with Gasteiger partial charge in [-0.1, -0.05) is 72.6 Å². The summed E-state index contributed by atoms with van der Waals surface area (Å²) in [5, 5.41) is 1.78. The third-order valence-corrected chi connectivity index (χ3v) is 6.71. The largest absolute Gasteiger partial charge is 0.496 e. The topological polar surface area (TPSA) is 31.6 Å². The summed E-state index contributed by atoms with van der Waals surface area (Å²) in [5.41, 5.74) is -0.208. The molecule has 0 spiro atoms. The molecule has 168 valence electrons. The molecule has 0 aliphatic carbocycles. The van der Waals surface area contributed by atoms with Crippen molar-refractivity contribution < 1.29 is 27.4 Å². The maximum absolute atomic E-state index is 8.51. The Morgan fingerprint density at radius 1 is 0.676 bits per heavy atom.